The summed E-state index contributed by atoms with van der Waals surface area (Å²) in [6.45, 7) is 1.77. The Morgan fingerprint density at radius 3 is 2.65 bits per heavy atom. The molecular formula is C13H22O3S. The SMILES string of the molecule is CCCCCCc1ccsc1C(O)C(O)CO. The number of unbranched alkanes of at least 4 members (excludes halogenated alkanes) is 3. The molecule has 0 saturated heterocycles. The van der Waals surface area contributed by atoms with Gasteiger partial charge >= 0.3 is 0 Å². The lowest BCUT2D eigenvalue weighted by Crippen LogP contribution is -2.22. The Morgan fingerprint density at radius 1 is 1.24 bits per heavy atom. The molecule has 0 aliphatic carbocycles. The monoisotopic (exact) mass is 258 g/mol. The van der Waals surface area contributed by atoms with Gasteiger partial charge in [-0.2, -0.15) is 0 Å². The molecule has 2 atom stereocenters. The first-order chi connectivity index (χ1) is 8.20. The summed E-state index contributed by atoms with van der Waals surface area (Å²) in [5.74, 6) is 0. The van der Waals surface area contributed by atoms with Crippen LogP contribution in [0.2, 0.25) is 0 Å². The van der Waals surface area contributed by atoms with Crippen LogP contribution in [0.4, 0.5) is 0 Å². The number of hydrogen-bond acceptors (Lipinski definition) is 4. The van der Waals surface area contributed by atoms with Gasteiger partial charge in [0.2, 0.25) is 0 Å². The lowest BCUT2D eigenvalue weighted by atomic mass is 10.0. The van der Waals surface area contributed by atoms with E-state index in [1.54, 1.807) is 0 Å². The van der Waals surface area contributed by atoms with Gasteiger partial charge in [0.15, 0.2) is 0 Å². The highest BCUT2D eigenvalue weighted by Gasteiger charge is 2.21. The van der Waals surface area contributed by atoms with Crippen molar-refractivity contribution in [1.82, 2.24) is 0 Å². The van der Waals surface area contributed by atoms with Gasteiger partial charge < -0.3 is 15.3 Å². The van der Waals surface area contributed by atoms with E-state index in [9.17, 15) is 10.2 Å². The molecule has 3 N–H and O–H groups in total. The molecule has 0 spiro atoms. The number of rotatable bonds is 8. The first-order valence-corrected chi connectivity index (χ1v) is 7.12. The first kappa shape index (κ1) is 14.6. The van der Waals surface area contributed by atoms with Crippen molar-refractivity contribution in [2.24, 2.45) is 0 Å². The molecule has 0 fully saturated rings. The van der Waals surface area contributed by atoms with Crippen LogP contribution in [0.15, 0.2) is 11.4 Å². The summed E-state index contributed by atoms with van der Waals surface area (Å²) in [4.78, 5) is 0.794. The summed E-state index contributed by atoms with van der Waals surface area (Å²) in [7, 11) is 0. The zero-order valence-electron chi connectivity index (χ0n) is 10.3. The standard InChI is InChI=1S/C13H22O3S/c1-2-3-4-5-6-10-7-8-17-13(10)12(16)11(15)9-14/h7-8,11-12,14-16H,2-6,9H2,1H3. The molecule has 0 aromatic carbocycles. The van der Waals surface area contributed by atoms with Gasteiger partial charge in [-0.05, 0) is 29.9 Å². The van der Waals surface area contributed by atoms with E-state index < -0.39 is 18.8 Å². The molecule has 3 nitrogen and oxygen atoms in total. The molecule has 0 saturated carbocycles. The van der Waals surface area contributed by atoms with Gasteiger partial charge in [-0.15, -0.1) is 11.3 Å². The number of aliphatic hydroxyl groups excluding tert-OH is 3. The average Bonchev–Trinajstić information content (AvgIpc) is 2.81. The van der Waals surface area contributed by atoms with Crippen LogP contribution in [0.25, 0.3) is 0 Å². The molecule has 1 heterocycles. The van der Waals surface area contributed by atoms with E-state index in [-0.39, 0.29) is 0 Å². The highest BCUT2D eigenvalue weighted by molar-refractivity contribution is 7.10. The zero-order valence-corrected chi connectivity index (χ0v) is 11.1. The summed E-state index contributed by atoms with van der Waals surface area (Å²) in [6.07, 6.45) is 3.66. The van der Waals surface area contributed by atoms with Crippen LogP contribution < -0.4 is 0 Å². The fraction of sp³-hybridized carbons (Fsp3) is 0.692. The van der Waals surface area contributed by atoms with Crippen LogP contribution in [0, 0.1) is 0 Å². The van der Waals surface area contributed by atoms with Crippen LogP contribution in [0.3, 0.4) is 0 Å². The molecular weight excluding hydrogens is 236 g/mol. The van der Waals surface area contributed by atoms with E-state index in [4.69, 9.17) is 5.11 Å². The quantitative estimate of drug-likeness (QED) is 0.627. The maximum Gasteiger partial charge on any atom is 0.116 e. The topological polar surface area (TPSA) is 60.7 Å². The minimum Gasteiger partial charge on any atom is -0.394 e. The smallest absolute Gasteiger partial charge is 0.116 e. The Kier molecular flexibility index (Phi) is 6.73. The van der Waals surface area contributed by atoms with Gasteiger partial charge in [-0.25, -0.2) is 0 Å². The molecule has 0 aliphatic heterocycles. The number of aliphatic hydroxyl groups is 3. The van der Waals surface area contributed by atoms with Crippen molar-refractivity contribution in [2.75, 3.05) is 6.61 Å². The van der Waals surface area contributed by atoms with Crippen molar-refractivity contribution < 1.29 is 15.3 Å². The summed E-state index contributed by atoms with van der Waals surface area (Å²) in [5, 5.41) is 30.1. The van der Waals surface area contributed by atoms with Crippen LogP contribution in [-0.4, -0.2) is 28.0 Å². The van der Waals surface area contributed by atoms with Gasteiger partial charge in [0.25, 0.3) is 0 Å². The molecule has 1 aromatic heterocycles. The van der Waals surface area contributed by atoms with E-state index in [0.29, 0.717) is 0 Å². The van der Waals surface area contributed by atoms with Gasteiger partial charge in [0, 0.05) is 4.88 Å². The third-order valence-electron chi connectivity index (χ3n) is 2.90. The van der Waals surface area contributed by atoms with Gasteiger partial charge in [-0.3, -0.25) is 0 Å². The molecule has 98 valence electrons. The van der Waals surface area contributed by atoms with Crippen LogP contribution in [-0.2, 0) is 6.42 Å². The Balaban J connectivity index is 2.53. The lowest BCUT2D eigenvalue weighted by molar-refractivity contribution is -0.0138. The highest BCUT2D eigenvalue weighted by atomic mass is 32.1. The second-order valence-electron chi connectivity index (χ2n) is 4.32. The maximum absolute atomic E-state index is 9.86. The largest absolute Gasteiger partial charge is 0.394 e. The molecule has 0 radical (unpaired) electrons. The third kappa shape index (κ3) is 4.39. The van der Waals surface area contributed by atoms with Gasteiger partial charge in [0.1, 0.15) is 12.2 Å². The summed E-state index contributed by atoms with van der Waals surface area (Å²) in [5.41, 5.74) is 1.10. The van der Waals surface area contributed by atoms with E-state index in [2.05, 4.69) is 6.92 Å². The minimum atomic E-state index is -1.08. The number of thiophene rings is 1. The van der Waals surface area contributed by atoms with Crippen molar-refractivity contribution in [2.45, 2.75) is 51.2 Å². The van der Waals surface area contributed by atoms with Crippen molar-refractivity contribution >= 4 is 11.3 Å². The summed E-state index contributed by atoms with van der Waals surface area (Å²) in [6, 6.07) is 2.00. The Hall–Kier alpha value is -0.420. The normalized spacial score (nSPS) is 14.8. The van der Waals surface area contributed by atoms with Crippen LogP contribution in [0.5, 0.6) is 0 Å². The summed E-state index contributed by atoms with van der Waals surface area (Å²) >= 11 is 1.44. The molecule has 0 bridgehead atoms. The lowest BCUT2D eigenvalue weighted by Gasteiger charge is -2.16. The molecule has 4 heteroatoms. The van der Waals surface area contributed by atoms with Gasteiger partial charge in [0.05, 0.1) is 6.61 Å². The average molecular weight is 258 g/mol. The third-order valence-corrected chi connectivity index (χ3v) is 3.93. The highest BCUT2D eigenvalue weighted by Crippen LogP contribution is 2.28. The van der Waals surface area contributed by atoms with Crippen molar-refractivity contribution in [1.29, 1.82) is 0 Å². The number of hydrogen-bond donors (Lipinski definition) is 3. The number of aryl methyl sites for hydroxylation is 1. The van der Waals surface area contributed by atoms with E-state index in [1.807, 2.05) is 11.4 Å². The van der Waals surface area contributed by atoms with Crippen LogP contribution in [0.1, 0.15) is 49.2 Å². The van der Waals surface area contributed by atoms with E-state index >= 15 is 0 Å². The second kappa shape index (κ2) is 7.82. The molecule has 2 unspecified atom stereocenters. The van der Waals surface area contributed by atoms with E-state index in [1.165, 1.54) is 30.6 Å². The zero-order chi connectivity index (χ0) is 12.7. The van der Waals surface area contributed by atoms with Gasteiger partial charge in [-0.1, -0.05) is 26.2 Å². The Bertz CT molecular complexity index is 311. The van der Waals surface area contributed by atoms with E-state index in [0.717, 1.165) is 23.3 Å². The maximum atomic E-state index is 9.86. The second-order valence-corrected chi connectivity index (χ2v) is 5.26. The minimum absolute atomic E-state index is 0.408. The molecule has 1 aromatic rings. The molecule has 1 rings (SSSR count). The summed E-state index contributed by atoms with van der Waals surface area (Å²) < 4.78 is 0. The Labute approximate surface area is 107 Å². The molecule has 17 heavy (non-hydrogen) atoms. The fourth-order valence-electron chi connectivity index (χ4n) is 1.83. The van der Waals surface area contributed by atoms with Crippen molar-refractivity contribution in [3.63, 3.8) is 0 Å². The molecule has 0 aliphatic rings. The Morgan fingerprint density at radius 2 is 2.00 bits per heavy atom. The fourth-order valence-corrected chi connectivity index (χ4v) is 2.83. The first-order valence-electron chi connectivity index (χ1n) is 6.24. The molecule has 0 amide bonds. The predicted molar refractivity (Wildman–Crippen MR) is 70.2 cm³/mol. The predicted octanol–water partition coefficient (Wildman–Crippen LogP) is 2.26. The van der Waals surface area contributed by atoms with Crippen LogP contribution >= 0.6 is 11.3 Å². The van der Waals surface area contributed by atoms with Crippen molar-refractivity contribution in [3.8, 4) is 0 Å². The van der Waals surface area contributed by atoms with Crippen molar-refractivity contribution in [3.05, 3.63) is 21.9 Å².